The van der Waals surface area contributed by atoms with Crippen LogP contribution in [0.25, 0.3) is 0 Å². The topological polar surface area (TPSA) is 84.5 Å². The van der Waals surface area contributed by atoms with Crippen molar-refractivity contribution in [2.24, 2.45) is 0 Å². The minimum Gasteiger partial charge on any atom is -0.497 e. The van der Waals surface area contributed by atoms with Crippen molar-refractivity contribution in [1.82, 2.24) is 5.32 Å². The molecule has 0 atom stereocenters. The van der Waals surface area contributed by atoms with E-state index in [0.717, 1.165) is 12.1 Å². The van der Waals surface area contributed by atoms with Crippen LogP contribution in [0.15, 0.2) is 71.6 Å². The Balaban J connectivity index is 1.71. The number of nitrogens with one attached hydrogen (secondary N) is 2. The monoisotopic (exact) mass is 446 g/mol. The van der Waals surface area contributed by atoms with Crippen molar-refractivity contribution in [1.29, 1.82) is 0 Å². The van der Waals surface area contributed by atoms with Crippen LogP contribution in [0.1, 0.15) is 15.9 Å². The normalized spacial score (nSPS) is 11.1. The summed E-state index contributed by atoms with van der Waals surface area (Å²) in [5.74, 6) is -1.40. The van der Waals surface area contributed by atoms with Crippen molar-refractivity contribution in [3.05, 3.63) is 89.5 Å². The van der Waals surface area contributed by atoms with Crippen molar-refractivity contribution in [2.75, 3.05) is 18.4 Å². The largest absolute Gasteiger partial charge is 0.497 e. The molecule has 0 spiro atoms. The molecule has 0 unspecified atom stereocenters. The maximum Gasteiger partial charge on any atom is 0.264 e. The number of carbonyl (C=O) groups excluding carboxylic acids is 1. The Bertz CT molecular complexity index is 1180. The molecule has 0 radical (unpaired) electrons. The number of hydrogen-bond donors (Lipinski definition) is 2. The molecule has 31 heavy (non-hydrogen) atoms. The molecule has 0 saturated heterocycles. The van der Waals surface area contributed by atoms with E-state index in [1.807, 2.05) is 0 Å². The first-order valence-electron chi connectivity index (χ1n) is 9.27. The molecule has 3 rings (SSSR count). The molecule has 0 bridgehead atoms. The Labute approximate surface area is 178 Å². The summed E-state index contributed by atoms with van der Waals surface area (Å²) in [7, 11) is -2.80. The molecular formula is C22H20F2N2O4S. The first kappa shape index (κ1) is 22.2. The van der Waals surface area contributed by atoms with Gasteiger partial charge in [0, 0.05) is 17.8 Å². The summed E-state index contributed by atoms with van der Waals surface area (Å²) in [6, 6.07) is 15.1. The van der Waals surface area contributed by atoms with E-state index < -0.39 is 26.6 Å². The fourth-order valence-corrected chi connectivity index (χ4v) is 4.00. The smallest absolute Gasteiger partial charge is 0.264 e. The number of ether oxygens (including phenoxy) is 1. The van der Waals surface area contributed by atoms with Crippen molar-refractivity contribution in [3.8, 4) is 5.75 Å². The standard InChI is InChI=1S/C22H20F2N2O4S/c1-30-19-8-6-18(7-9-19)26-31(28,29)21-14-16(5-10-20(21)24)22(27)25-12-11-15-3-2-4-17(23)13-15/h2-10,13-14,26H,11-12H2,1H3,(H,25,27). The molecule has 3 aromatic rings. The Hall–Kier alpha value is -3.46. The summed E-state index contributed by atoms with van der Waals surface area (Å²) in [6.45, 7) is 0.200. The molecule has 9 heteroatoms. The zero-order valence-electron chi connectivity index (χ0n) is 16.6. The summed E-state index contributed by atoms with van der Waals surface area (Å²) in [4.78, 5) is 11.7. The van der Waals surface area contributed by atoms with Crippen molar-refractivity contribution in [3.63, 3.8) is 0 Å². The predicted octanol–water partition coefficient (Wildman–Crippen LogP) is 3.75. The van der Waals surface area contributed by atoms with E-state index in [2.05, 4.69) is 10.0 Å². The highest BCUT2D eigenvalue weighted by Crippen LogP contribution is 2.22. The van der Waals surface area contributed by atoms with E-state index in [-0.39, 0.29) is 23.6 Å². The molecule has 0 fully saturated rings. The van der Waals surface area contributed by atoms with E-state index in [4.69, 9.17) is 4.74 Å². The number of carbonyl (C=O) groups is 1. The van der Waals surface area contributed by atoms with Crippen LogP contribution in [0.5, 0.6) is 5.75 Å². The fraction of sp³-hybridized carbons (Fsp3) is 0.136. The lowest BCUT2D eigenvalue weighted by Gasteiger charge is -2.11. The van der Waals surface area contributed by atoms with Gasteiger partial charge >= 0.3 is 0 Å². The summed E-state index contributed by atoms with van der Waals surface area (Å²) < 4.78 is 60.0. The van der Waals surface area contributed by atoms with Gasteiger partial charge in [0.2, 0.25) is 0 Å². The maximum absolute atomic E-state index is 14.3. The van der Waals surface area contributed by atoms with Crippen molar-refractivity contribution in [2.45, 2.75) is 11.3 Å². The van der Waals surface area contributed by atoms with E-state index in [0.29, 0.717) is 17.7 Å². The highest BCUT2D eigenvalue weighted by molar-refractivity contribution is 7.92. The molecule has 6 nitrogen and oxygen atoms in total. The number of benzene rings is 3. The number of sulfonamides is 1. The summed E-state index contributed by atoms with van der Waals surface area (Å²) in [5.41, 5.74) is 0.896. The third-order valence-corrected chi connectivity index (χ3v) is 5.81. The number of amides is 1. The Morgan fingerprint density at radius 2 is 1.74 bits per heavy atom. The van der Waals surface area contributed by atoms with E-state index >= 15 is 0 Å². The molecular weight excluding hydrogens is 426 g/mol. The number of rotatable bonds is 8. The Morgan fingerprint density at radius 3 is 2.42 bits per heavy atom. The Morgan fingerprint density at radius 1 is 1.00 bits per heavy atom. The number of halogens is 2. The van der Waals surface area contributed by atoms with Gasteiger partial charge in [-0.3, -0.25) is 9.52 Å². The fourth-order valence-electron chi connectivity index (χ4n) is 2.83. The molecule has 0 heterocycles. The zero-order valence-corrected chi connectivity index (χ0v) is 17.4. The maximum atomic E-state index is 14.3. The van der Waals surface area contributed by atoms with Crippen LogP contribution in [0.3, 0.4) is 0 Å². The number of methoxy groups -OCH3 is 1. The van der Waals surface area contributed by atoms with Gasteiger partial charge in [-0.2, -0.15) is 0 Å². The molecule has 0 aliphatic rings. The van der Waals surface area contributed by atoms with Gasteiger partial charge < -0.3 is 10.1 Å². The average Bonchev–Trinajstić information content (AvgIpc) is 2.74. The Kier molecular flexibility index (Phi) is 6.86. The third-order valence-electron chi connectivity index (χ3n) is 4.41. The van der Waals surface area contributed by atoms with E-state index in [1.54, 1.807) is 24.3 Å². The van der Waals surface area contributed by atoms with Crippen LogP contribution in [-0.4, -0.2) is 28.0 Å². The quantitative estimate of drug-likeness (QED) is 0.552. The third kappa shape index (κ3) is 5.79. The molecule has 3 aromatic carbocycles. The minimum absolute atomic E-state index is 0.0178. The first-order valence-corrected chi connectivity index (χ1v) is 10.8. The summed E-state index contributed by atoms with van der Waals surface area (Å²) in [5, 5.41) is 2.61. The van der Waals surface area contributed by atoms with E-state index in [1.165, 1.54) is 37.4 Å². The molecule has 0 saturated carbocycles. The molecule has 0 aliphatic carbocycles. The average molecular weight is 446 g/mol. The zero-order chi connectivity index (χ0) is 22.4. The van der Waals surface area contributed by atoms with Gasteiger partial charge in [0.25, 0.3) is 15.9 Å². The summed E-state index contributed by atoms with van der Waals surface area (Å²) in [6.07, 6.45) is 0.384. The molecule has 0 aromatic heterocycles. The molecule has 162 valence electrons. The second-order valence-corrected chi connectivity index (χ2v) is 8.27. The minimum atomic E-state index is -4.28. The molecule has 2 N–H and O–H groups in total. The second kappa shape index (κ2) is 9.57. The van der Waals surface area contributed by atoms with Gasteiger partial charge in [0.05, 0.1) is 7.11 Å². The van der Waals surface area contributed by atoms with Crippen LogP contribution in [-0.2, 0) is 16.4 Å². The van der Waals surface area contributed by atoms with Crippen LogP contribution in [0.2, 0.25) is 0 Å². The lowest BCUT2D eigenvalue weighted by molar-refractivity contribution is 0.0954. The van der Waals surface area contributed by atoms with E-state index in [9.17, 15) is 22.0 Å². The number of anilines is 1. The van der Waals surface area contributed by atoms with Crippen LogP contribution in [0.4, 0.5) is 14.5 Å². The lowest BCUT2D eigenvalue weighted by Crippen LogP contribution is -2.26. The van der Waals surface area contributed by atoms with Crippen LogP contribution < -0.4 is 14.8 Å². The SMILES string of the molecule is COc1ccc(NS(=O)(=O)c2cc(C(=O)NCCc3cccc(F)c3)ccc2F)cc1. The molecule has 0 aliphatic heterocycles. The number of hydrogen-bond acceptors (Lipinski definition) is 4. The second-order valence-electron chi connectivity index (χ2n) is 6.62. The highest BCUT2D eigenvalue weighted by atomic mass is 32.2. The summed E-state index contributed by atoms with van der Waals surface area (Å²) >= 11 is 0. The van der Waals surface area contributed by atoms with Crippen molar-refractivity contribution >= 4 is 21.6 Å². The van der Waals surface area contributed by atoms with Gasteiger partial charge in [0.1, 0.15) is 22.3 Å². The van der Waals surface area contributed by atoms with Gasteiger partial charge in [-0.25, -0.2) is 17.2 Å². The highest BCUT2D eigenvalue weighted by Gasteiger charge is 2.21. The van der Waals surface area contributed by atoms with Crippen LogP contribution >= 0.6 is 0 Å². The van der Waals surface area contributed by atoms with Gasteiger partial charge in [-0.05, 0) is 66.6 Å². The van der Waals surface area contributed by atoms with Gasteiger partial charge in [0.15, 0.2) is 0 Å². The van der Waals surface area contributed by atoms with Crippen LogP contribution in [0, 0.1) is 11.6 Å². The van der Waals surface area contributed by atoms with Gasteiger partial charge in [-0.15, -0.1) is 0 Å². The lowest BCUT2D eigenvalue weighted by atomic mass is 10.1. The predicted molar refractivity (Wildman–Crippen MR) is 113 cm³/mol. The van der Waals surface area contributed by atoms with Gasteiger partial charge in [-0.1, -0.05) is 12.1 Å². The first-order chi connectivity index (χ1) is 14.8. The molecule has 1 amide bonds. The van der Waals surface area contributed by atoms with Crippen molar-refractivity contribution < 1.29 is 26.7 Å².